The zero-order valence-electron chi connectivity index (χ0n) is 17.3. The Labute approximate surface area is 170 Å². The predicted molar refractivity (Wildman–Crippen MR) is 116 cm³/mol. The number of amides is 1. The maximum absolute atomic E-state index is 12.8. The molecule has 1 saturated heterocycles. The second-order valence-corrected chi connectivity index (χ2v) is 8.13. The van der Waals surface area contributed by atoms with Crippen molar-refractivity contribution >= 4 is 22.6 Å². The van der Waals surface area contributed by atoms with Crippen LogP contribution in [0.15, 0.2) is 47.3 Å². The minimum Gasteiger partial charge on any atom is -0.326 e. The molecule has 2 heterocycles. The van der Waals surface area contributed by atoms with Crippen molar-refractivity contribution in [3.8, 4) is 0 Å². The average molecular weight is 393 g/mol. The van der Waals surface area contributed by atoms with Crippen LogP contribution in [0.3, 0.4) is 0 Å². The van der Waals surface area contributed by atoms with Crippen LogP contribution < -0.4 is 11.0 Å². The lowest BCUT2D eigenvalue weighted by atomic mass is 9.95. The topological polar surface area (TPSA) is 59.3 Å². The third kappa shape index (κ3) is 3.98. The number of imidazole rings is 1. The van der Waals surface area contributed by atoms with Gasteiger partial charge in [-0.1, -0.05) is 29.8 Å². The van der Waals surface area contributed by atoms with Crippen LogP contribution in [0.4, 0.5) is 5.69 Å². The highest BCUT2D eigenvalue weighted by Crippen LogP contribution is 2.23. The van der Waals surface area contributed by atoms with E-state index in [0.29, 0.717) is 0 Å². The van der Waals surface area contributed by atoms with E-state index in [4.69, 9.17) is 0 Å². The number of benzene rings is 2. The van der Waals surface area contributed by atoms with E-state index >= 15 is 0 Å². The number of anilines is 1. The van der Waals surface area contributed by atoms with Crippen LogP contribution in [-0.2, 0) is 25.4 Å². The zero-order chi connectivity index (χ0) is 20.5. The summed E-state index contributed by atoms with van der Waals surface area (Å²) in [5.41, 5.74) is 4.96. The van der Waals surface area contributed by atoms with Gasteiger partial charge in [-0.2, -0.15) is 0 Å². The minimum absolute atomic E-state index is 0.0274. The summed E-state index contributed by atoms with van der Waals surface area (Å²) < 4.78 is 3.22. The summed E-state index contributed by atoms with van der Waals surface area (Å²) in [6, 6.07) is 14.3. The molecule has 4 rings (SSSR count). The van der Waals surface area contributed by atoms with E-state index in [1.165, 1.54) is 11.1 Å². The fourth-order valence-corrected chi connectivity index (χ4v) is 4.13. The van der Waals surface area contributed by atoms with E-state index in [0.717, 1.165) is 49.2 Å². The maximum Gasteiger partial charge on any atom is 0.328 e. The van der Waals surface area contributed by atoms with Gasteiger partial charge >= 0.3 is 5.69 Å². The van der Waals surface area contributed by atoms with E-state index in [1.807, 2.05) is 18.2 Å². The minimum atomic E-state index is -0.0653. The highest BCUT2D eigenvalue weighted by Gasteiger charge is 2.25. The molecule has 0 aliphatic carbocycles. The molecule has 1 N–H and O–H groups in total. The lowest BCUT2D eigenvalue weighted by Crippen LogP contribution is -2.37. The average Bonchev–Trinajstić information content (AvgIpc) is 2.94. The van der Waals surface area contributed by atoms with Gasteiger partial charge in [0.1, 0.15) is 0 Å². The van der Waals surface area contributed by atoms with Crippen LogP contribution in [0.25, 0.3) is 11.0 Å². The van der Waals surface area contributed by atoms with E-state index in [-0.39, 0.29) is 17.5 Å². The first-order valence-corrected chi connectivity index (χ1v) is 10.2. The maximum atomic E-state index is 12.8. The van der Waals surface area contributed by atoms with Crippen molar-refractivity contribution in [2.75, 3.05) is 18.4 Å². The summed E-state index contributed by atoms with van der Waals surface area (Å²) >= 11 is 0. The molecular weight excluding hydrogens is 364 g/mol. The van der Waals surface area contributed by atoms with Gasteiger partial charge in [0, 0.05) is 32.2 Å². The SMILES string of the molecule is Cc1ccc(CN2CCC(C(=O)Nc3ccc4c(c3)n(C)c(=O)n4C)CC2)cc1. The Morgan fingerprint density at radius 1 is 1.00 bits per heavy atom. The quantitative estimate of drug-likeness (QED) is 0.742. The van der Waals surface area contributed by atoms with E-state index in [1.54, 1.807) is 23.2 Å². The summed E-state index contributed by atoms with van der Waals surface area (Å²) in [6.07, 6.45) is 1.73. The number of hydrogen-bond donors (Lipinski definition) is 1. The number of rotatable bonds is 4. The van der Waals surface area contributed by atoms with Gasteiger partial charge in [0.25, 0.3) is 0 Å². The second kappa shape index (κ2) is 7.87. The van der Waals surface area contributed by atoms with Gasteiger partial charge in [-0.05, 0) is 56.6 Å². The first kappa shape index (κ1) is 19.5. The Bertz CT molecular complexity index is 1090. The first-order chi connectivity index (χ1) is 13.9. The zero-order valence-corrected chi connectivity index (χ0v) is 17.3. The fourth-order valence-electron chi connectivity index (χ4n) is 4.13. The number of aryl methyl sites for hydroxylation is 3. The van der Waals surface area contributed by atoms with Crippen molar-refractivity contribution in [1.29, 1.82) is 0 Å². The van der Waals surface area contributed by atoms with Crippen molar-refractivity contribution in [3.05, 3.63) is 64.1 Å². The summed E-state index contributed by atoms with van der Waals surface area (Å²) in [5.74, 6) is 0.0971. The van der Waals surface area contributed by atoms with Crippen molar-refractivity contribution in [2.45, 2.75) is 26.3 Å². The lowest BCUT2D eigenvalue weighted by Gasteiger charge is -2.31. The molecule has 1 aliphatic heterocycles. The summed E-state index contributed by atoms with van der Waals surface area (Å²) in [6.45, 7) is 4.90. The molecule has 1 aliphatic rings. The molecule has 29 heavy (non-hydrogen) atoms. The van der Waals surface area contributed by atoms with Crippen LogP contribution in [0.5, 0.6) is 0 Å². The molecule has 0 bridgehead atoms. The number of carbonyl (C=O) groups is 1. The number of piperidine rings is 1. The number of fused-ring (bicyclic) bond motifs is 1. The smallest absolute Gasteiger partial charge is 0.326 e. The molecule has 1 amide bonds. The molecule has 0 saturated carbocycles. The summed E-state index contributed by atoms with van der Waals surface area (Å²) in [5, 5.41) is 3.05. The van der Waals surface area contributed by atoms with E-state index < -0.39 is 0 Å². The van der Waals surface area contributed by atoms with Gasteiger partial charge in [0.2, 0.25) is 5.91 Å². The standard InChI is InChI=1S/C23H28N4O2/c1-16-4-6-17(7-5-16)15-27-12-10-18(11-13-27)22(28)24-19-8-9-20-21(14-19)26(3)23(29)25(20)2/h4-9,14,18H,10-13,15H2,1-3H3,(H,24,28). The van der Waals surface area contributed by atoms with Gasteiger partial charge in [-0.3, -0.25) is 18.8 Å². The molecule has 6 nitrogen and oxygen atoms in total. The molecule has 1 fully saturated rings. The molecule has 152 valence electrons. The Morgan fingerprint density at radius 2 is 1.66 bits per heavy atom. The third-order valence-electron chi connectivity index (χ3n) is 6.02. The molecule has 0 unspecified atom stereocenters. The van der Waals surface area contributed by atoms with Crippen LogP contribution in [0, 0.1) is 12.8 Å². The molecule has 0 radical (unpaired) electrons. The second-order valence-electron chi connectivity index (χ2n) is 8.13. The van der Waals surface area contributed by atoms with Crippen molar-refractivity contribution in [1.82, 2.24) is 14.0 Å². The Balaban J connectivity index is 1.36. The highest BCUT2D eigenvalue weighted by molar-refractivity contribution is 5.94. The molecule has 6 heteroatoms. The number of likely N-dealkylation sites (tertiary alicyclic amines) is 1. The number of carbonyl (C=O) groups excluding carboxylic acids is 1. The van der Waals surface area contributed by atoms with Gasteiger partial charge in [0.05, 0.1) is 11.0 Å². The number of nitrogens with zero attached hydrogens (tertiary/aromatic N) is 3. The fraction of sp³-hybridized carbons (Fsp3) is 0.391. The molecule has 3 aromatic rings. The Hall–Kier alpha value is -2.86. The van der Waals surface area contributed by atoms with Gasteiger partial charge in [-0.15, -0.1) is 0 Å². The first-order valence-electron chi connectivity index (χ1n) is 10.2. The molecule has 1 aromatic heterocycles. The monoisotopic (exact) mass is 392 g/mol. The number of aromatic nitrogens is 2. The Morgan fingerprint density at radius 3 is 2.34 bits per heavy atom. The highest BCUT2D eigenvalue weighted by atomic mass is 16.2. The van der Waals surface area contributed by atoms with Gasteiger partial charge < -0.3 is 5.32 Å². The van der Waals surface area contributed by atoms with Crippen molar-refractivity contribution in [2.24, 2.45) is 20.0 Å². The predicted octanol–water partition coefficient (Wildman–Crippen LogP) is 3.04. The van der Waals surface area contributed by atoms with Crippen LogP contribution in [-0.4, -0.2) is 33.0 Å². The third-order valence-corrected chi connectivity index (χ3v) is 6.02. The molecule has 2 aromatic carbocycles. The number of nitrogens with one attached hydrogen (secondary N) is 1. The van der Waals surface area contributed by atoms with E-state index in [2.05, 4.69) is 41.4 Å². The largest absolute Gasteiger partial charge is 0.328 e. The van der Waals surface area contributed by atoms with Crippen molar-refractivity contribution < 1.29 is 4.79 Å². The molecule has 0 spiro atoms. The van der Waals surface area contributed by atoms with Crippen LogP contribution in [0.2, 0.25) is 0 Å². The van der Waals surface area contributed by atoms with Crippen molar-refractivity contribution in [3.63, 3.8) is 0 Å². The Kier molecular flexibility index (Phi) is 5.28. The van der Waals surface area contributed by atoms with E-state index in [9.17, 15) is 9.59 Å². The van der Waals surface area contributed by atoms with Gasteiger partial charge in [-0.25, -0.2) is 4.79 Å². The molecule has 0 atom stereocenters. The number of hydrogen-bond acceptors (Lipinski definition) is 3. The van der Waals surface area contributed by atoms with Crippen LogP contribution >= 0.6 is 0 Å². The summed E-state index contributed by atoms with van der Waals surface area (Å²) in [4.78, 5) is 27.3. The van der Waals surface area contributed by atoms with Gasteiger partial charge in [0.15, 0.2) is 0 Å². The lowest BCUT2D eigenvalue weighted by molar-refractivity contribution is -0.121. The summed E-state index contributed by atoms with van der Waals surface area (Å²) in [7, 11) is 3.51. The molecular formula is C23H28N4O2. The normalized spacial score (nSPS) is 15.7. The van der Waals surface area contributed by atoms with Crippen LogP contribution in [0.1, 0.15) is 24.0 Å².